The zero-order valence-corrected chi connectivity index (χ0v) is 19.5. The lowest BCUT2D eigenvalue weighted by Gasteiger charge is -2.29. The molecule has 0 aliphatic heterocycles. The Bertz CT molecular complexity index is 1230. The van der Waals surface area contributed by atoms with Gasteiger partial charge in [0.15, 0.2) is 5.75 Å². The number of alkyl halides is 3. The Balaban J connectivity index is 2.04. The minimum atomic E-state index is -4.69. The number of rotatable bonds is 8. The molecule has 1 aromatic heterocycles. The van der Waals surface area contributed by atoms with Crippen molar-refractivity contribution in [2.75, 3.05) is 6.61 Å². The van der Waals surface area contributed by atoms with Gasteiger partial charge < -0.3 is 14.2 Å². The maximum atomic E-state index is 13.0. The maximum absolute atomic E-state index is 13.0. The zero-order chi connectivity index (χ0) is 26.0. The van der Waals surface area contributed by atoms with Crippen LogP contribution >= 0.6 is 23.2 Å². The molecule has 14 heteroatoms. The number of carbonyl (C=O) groups is 1. The van der Waals surface area contributed by atoms with Crippen molar-refractivity contribution in [3.05, 3.63) is 74.8 Å². The Labute approximate surface area is 206 Å². The predicted octanol–water partition coefficient (Wildman–Crippen LogP) is 6.22. The van der Waals surface area contributed by atoms with E-state index in [-0.39, 0.29) is 18.1 Å². The fraction of sp³-hybridized carbons (Fsp3) is 0.238. The van der Waals surface area contributed by atoms with Gasteiger partial charge in [-0.05, 0) is 25.1 Å². The average Bonchev–Trinajstić information content (AvgIpc) is 3.31. The van der Waals surface area contributed by atoms with Gasteiger partial charge in [-0.1, -0.05) is 23.2 Å². The molecule has 3 aromatic rings. The van der Waals surface area contributed by atoms with Gasteiger partial charge >= 0.3 is 17.8 Å². The molecule has 9 nitrogen and oxygen atoms in total. The van der Waals surface area contributed by atoms with Crippen LogP contribution in [0.5, 0.6) is 17.2 Å². The number of ether oxygens (including phenoxy) is 3. The van der Waals surface area contributed by atoms with E-state index < -0.39 is 49.8 Å². The number of nitro groups is 1. The number of imidazole rings is 1. The molecule has 0 aliphatic carbocycles. The Kier molecular flexibility index (Phi) is 7.46. The van der Waals surface area contributed by atoms with Crippen LogP contribution < -0.4 is 9.47 Å². The summed E-state index contributed by atoms with van der Waals surface area (Å²) < 4.78 is 56.6. The van der Waals surface area contributed by atoms with Crippen LogP contribution in [-0.4, -0.2) is 27.1 Å². The molecule has 0 amide bonds. The van der Waals surface area contributed by atoms with E-state index in [2.05, 4.69) is 4.98 Å². The van der Waals surface area contributed by atoms with Gasteiger partial charge in [0, 0.05) is 31.5 Å². The first-order valence-corrected chi connectivity index (χ1v) is 10.5. The van der Waals surface area contributed by atoms with Crippen LogP contribution in [0.15, 0.2) is 49.1 Å². The third-order valence-corrected chi connectivity index (χ3v) is 5.19. The van der Waals surface area contributed by atoms with Crippen molar-refractivity contribution in [2.45, 2.75) is 25.7 Å². The van der Waals surface area contributed by atoms with Crippen LogP contribution in [-0.2, 0) is 21.4 Å². The predicted molar refractivity (Wildman–Crippen MR) is 118 cm³/mol. The minimum absolute atomic E-state index is 0.00262. The second-order valence-corrected chi connectivity index (χ2v) is 7.85. The van der Waals surface area contributed by atoms with Gasteiger partial charge in [-0.2, -0.15) is 13.2 Å². The standard InChI is InChI=1S/C21H16Cl2F3N3O6/c1-3-33-19(30)20(2,28-7-6-27-11-28)35-17-10-13(4-5-16(17)29(31)32)34-18-14(22)8-12(9-15(18)23)21(24,25)26/h4-11H,3H2,1-2H3. The summed E-state index contributed by atoms with van der Waals surface area (Å²) in [7, 11) is 0. The van der Waals surface area contributed by atoms with Crippen molar-refractivity contribution in [1.29, 1.82) is 0 Å². The topological polar surface area (TPSA) is 106 Å². The zero-order valence-electron chi connectivity index (χ0n) is 18.0. The summed E-state index contributed by atoms with van der Waals surface area (Å²) in [6.45, 7) is 2.89. The number of hydrogen-bond donors (Lipinski definition) is 0. The number of nitrogens with zero attached hydrogens (tertiary/aromatic N) is 3. The molecule has 0 fully saturated rings. The van der Waals surface area contributed by atoms with E-state index in [1.54, 1.807) is 6.92 Å². The number of aromatic nitrogens is 2. The molecule has 35 heavy (non-hydrogen) atoms. The van der Waals surface area contributed by atoms with Crippen LogP contribution in [0, 0.1) is 10.1 Å². The van der Waals surface area contributed by atoms with Gasteiger partial charge in [-0.25, -0.2) is 9.78 Å². The normalized spacial score (nSPS) is 13.1. The monoisotopic (exact) mass is 533 g/mol. The number of halogens is 5. The summed E-state index contributed by atoms with van der Waals surface area (Å²) in [5.41, 5.74) is -3.52. The van der Waals surface area contributed by atoms with E-state index in [0.717, 1.165) is 18.2 Å². The first-order valence-electron chi connectivity index (χ1n) is 9.74. The first kappa shape index (κ1) is 26.1. The smallest absolute Gasteiger partial charge is 0.416 e. The van der Waals surface area contributed by atoms with E-state index in [0.29, 0.717) is 12.1 Å². The summed E-state index contributed by atoms with van der Waals surface area (Å²) in [6, 6.07) is 4.51. The number of hydrogen-bond acceptors (Lipinski definition) is 7. The highest BCUT2D eigenvalue weighted by Gasteiger charge is 2.41. The number of benzene rings is 2. The summed E-state index contributed by atoms with van der Waals surface area (Å²) >= 11 is 11.9. The average molecular weight is 534 g/mol. The highest BCUT2D eigenvalue weighted by atomic mass is 35.5. The Morgan fingerprint density at radius 1 is 1.20 bits per heavy atom. The molecule has 186 valence electrons. The number of carbonyl (C=O) groups excluding carboxylic acids is 1. The third-order valence-electron chi connectivity index (χ3n) is 4.63. The molecule has 0 N–H and O–H groups in total. The minimum Gasteiger partial charge on any atom is -0.462 e. The maximum Gasteiger partial charge on any atom is 0.416 e. The Morgan fingerprint density at radius 2 is 1.86 bits per heavy atom. The highest BCUT2D eigenvalue weighted by Crippen LogP contribution is 2.43. The molecule has 1 heterocycles. The Hall–Kier alpha value is -3.51. The lowest BCUT2D eigenvalue weighted by Crippen LogP contribution is -2.45. The van der Waals surface area contributed by atoms with Crippen molar-refractivity contribution in [1.82, 2.24) is 9.55 Å². The second-order valence-electron chi connectivity index (χ2n) is 7.03. The summed E-state index contributed by atoms with van der Waals surface area (Å²) in [6.07, 6.45) is -0.676. The third kappa shape index (κ3) is 5.60. The van der Waals surface area contributed by atoms with Gasteiger partial charge in [0.2, 0.25) is 5.75 Å². The molecular formula is C21H16Cl2F3N3O6. The molecule has 0 saturated heterocycles. The van der Waals surface area contributed by atoms with Crippen molar-refractivity contribution >= 4 is 34.9 Å². The lowest BCUT2D eigenvalue weighted by molar-refractivity contribution is -0.386. The summed E-state index contributed by atoms with van der Waals surface area (Å²) in [4.78, 5) is 27.4. The molecular weight excluding hydrogens is 518 g/mol. The quantitative estimate of drug-likeness (QED) is 0.192. The molecule has 3 rings (SSSR count). The van der Waals surface area contributed by atoms with Crippen molar-refractivity contribution in [3.63, 3.8) is 0 Å². The van der Waals surface area contributed by atoms with Crippen molar-refractivity contribution < 1.29 is 37.1 Å². The van der Waals surface area contributed by atoms with E-state index in [4.69, 9.17) is 37.4 Å². The molecule has 0 spiro atoms. The molecule has 0 bridgehead atoms. The largest absolute Gasteiger partial charge is 0.462 e. The summed E-state index contributed by atoms with van der Waals surface area (Å²) in [5, 5.41) is 10.7. The molecule has 0 saturated carbocycles. The number of nitro benzene ring substituents is 1. The van der Waals surface area contributed by atoms with Gasteiger partial charge in [0.05, 0.1) is 33.5 Å². The van der Waals surface area contributed by atoms with Crippen LogP contribution in [0.1, 0.15) is 19.4 Å². The van der Waals surface area contributed by atoms with Crippen LogP contribution in [0.2, 0.25) is 10.0 Å². The van der Waals surface area contributed by atoms with E-state index in [1.165, 1.54) is 30.2 Å². The van der Waals surface area contributed by atoms with Gasteiger partial charge in [-0.15, -0.1) is 0 Å². The fourth-order valence-electron chi connectivity index (χ4n) is 2.92. The van der Waals surface area contributed by atoms with Gasteiger partial charge in [-0.3, -0.25) is 14.7 Å². The Morgan fingerprint density at radius 3 is 2.37 bits per heavy atom. The van der Waals surface area contributed by atoms with E-state index in [1.807, 2.05) is 0 Å². The van der Waals surface area contributed by atoms with Crippen LogP contribution in [0.3, 0.4) is 0 Å². The first-order chi connectivity index (χ1) is 16.4. The SMILES string of the molecule is CCOC(=O)C(C)(Oc1cc(Oc2c(Cl)cc(C(F)(F)F)cc2Cl)ccc1[N+](=O)[O-])n1ccnc1. The molecule has 1 unspecified atom stereocenters. The van der Waals surface area contributed by atoms with Crippen molar-refractivity contribution in [3.8, 4) is 17.2 Å². The van der Waals surface area contributed by atoms with Gasteiger partial charge in [0.25, 0.3) is 5.72 Å². The summed E-state index contributed by atoms with van der Waals surface area (Å²) in [5.74, 6) is -1.71. The highest BCUT2D eigenvalue weighted by molar-refractivity contribution is 6.37. The lowest BCUT2D eigenvalue weighted by atomic mass is 10.2. The molecule has 0 aliphatic rings. The molecule has 1 atom stereocenters. The van der Waals surface area contributed by atoms with E-state index >= 15 is 0 Å². The second kappa shape index (κ2) is 10.0. The van der Waals surface area contributed by atoms with Crippen LogP contribution in [0.25, 0.3) is 0 Å². The van der Waals surface area contributed by atoms with E-state index in [9.17, 15) is 28.1 Å². The molecule has 2 aromatic carbocycles. The van der Waals surface area contributed by atoms with Crippen molar-refractivity contribution in [2.24, 2.45) is 0 Å². The number of esters is 1. The fourth-order valence-corrected chi connectivity index (χ4v) is 3.48. The van der Waals surface area contributed by atoms with Crippen LogP contribution in [0.4, 0.5) is 18.9 Å². The molecule has 0 radical (unpaired) electrons. The van der Waals surface area contributed by atoms with Gasteiger partial charge in [0.1, 0.15) is 5.75 Å².